The number of nitrogens with one attached hydrogen (secondary N) is 2. The number of hydrazine groups is 1. The molecule has 0 fully saturated rings. The summed E-state index contributed by atoms with van der Waals surface area (Å²) >= 11 is 0. The normalized spacial score (nSPS) is 15.7. The lowest BCUT2D eigenvalue weighted by atomic mass is 10.1. The minimum atomic E-state index is -4.77. The first-order valence-electron chi connectivity index (χ1n) is 8.79. The Kier molecular flexibility index (Phi) is 5.05. The van der Waals surface area contributed by atoms with Gasteiger partial charge >= 0.3 is 6.18 Å². The smallest absolute Gasteiger partial charge is 0.331 e. The van der Waals surface area contributed by atoms with Gasteiger partial charge in [-0.2, -0.15) is 13.2 Å². The lowest BCUT2D eigenvalue weighted by Gasteiger charge is -2.21. The quantitative estimate of drug-likeness (QED) is 0.587. The van der Waals surface area contributed by atoms with Crippen LogP contribution in [0.25, 0.3) is 0 Å². The van der Waals surface area contributed by atoms with E-state index >= 15 is 0 Å². The largest absolute Gasteiger partial charge is 0.417 e. The van der Waals surface area contributed by atoms with Crippen LogP contribution in [0.15, 0.2) is 54.7 Å². The molecule has 4 rings (SSSR count). The van der Waals surface area contributed by atoms with Crippen molar-refractivity contribution in [2.45, 2.75) is 12.3 Å². The zero-order chi connectivity index (χ0) is 22.3. The van der Waals surface area contributed by atoms with Crippen LogP contribution in [0, 0.1) is 17.5 Å². The van der Waals surface area contributed by atoms with E-state index in [4.69, 9.17) is 0 Å². The molecular weight excluding hydrogens is 426 g/mol. The first kappa shape index (κ1) is 20.7. The van der Waals surface area contributed by atoms with Gasteiger partial charge in [0.2, 0.25) is 0 Å². The fourth-order valence-electron chi connectivity index (χ4n) is 3.22. The van der Waals surface area contributed by atoms with Gasteiger partial charge in [0.15, 0.2) is 11.6 Å². The van der Waals surface area contributed by atoms with Crippen molar-refractivity contribution in [1.29, 1.82) is 0 Å². The third-order valence-corrected chi connectivity index (χ3v) is 4.55. The number of alkyl halides is 3. The SMILES string of the molecule is O=C(NC1NN(c2ncc(F)cc2F)c2ccc(F)cc21)c1ccccc1C(F)(F)F. The first-order chi connectivity index (χ1) is 14.6. The predicted octanol–water partition coefficient (Wildman–Crippen LogP) is 4.60. The number of nitrogens with zero attached hydrogens (tertiary/aromatic N) is 2. The average molecular weight is 438 g/mol. The van der Waals surface area contributed by atoms with Crippen LogP contribution in [-0.2, 0) is 6.18 Å². The molecular formula is C20H12F6N4O. The molecule has 1 aromatic heterocycles. The van der Waals surface area contributed by atoms with Gasteiger partial charge in [-0.05, 0) is 30.3 Å². The van der Waals surface area contributed by atoms with Gasteiger partial charge in [0, 0.05) is 11.6 Å². The number of benzene rings is 2. The van der Waals surface area contributed by atoms with Gasteiger partial charge in [0.1, 0.15) is 17.8 Å². The van der Waals surface area contributed by atoms with Crippen LogP contribution in [-0.4, -0.2) is 10.9 Å². The van der Waals surface area contributed by atoms with Gasteiger partial charge in [0.05, 0.1) is 23.0 Å². The van der Waals surface area contributed by atoms with E-state index in [9.17, 15) is 31.1 Å². The maximum atomic E-state index is 14.2. The molecule has 1 aliphatic rings. The van der Waals surface area contributed by atoms with Crippen LogP contribution in [0.3, 0.4) is 0 Å². The zero-order valence-corrected chi connectivity index (χ0v) is 15.3. The van der Waals surface area contributed by atoms with E-state index in [1.165, 1.54) is 12.1 Å². The fraction of sp³-hybridized carbons (Fsp3) is 0.100. The second-order valence-electron chi connectivity index (χ2n) is 6.58. The molecule has 0 spiro atoms. The monoisotopic (exact) mass is 438 g/mol. The maximum Gasteiger partial charge on any atom is 0.417 e. The Morgan fingerprint density at radius 1 is 1.03 bits per heavy atom. The molecule has 1 unspecified atom stereocenters. The van der Waals surface area contributed by atoms with Gasteiger partial charge in [0.25, 0.3) is 5.91 Å². The predicted molar refractivity (Wildman–Crippen MR) is 97.5 cm³/mol. The van der Waals surface area contributed by atoms with E-state index in [-0.39, 0.29) is 17.1 Å². The van der Waals surface area contributed by atoms with Crippen molar-refractivity contribution in [3.05, 3.63) is 88.9 Å². The number of hydrogen-bond donors (Lipinski definition) is 2. The Bertz CT molecular complexity index is 1170. The summed E-state index contributed by atoms with van der Waals surface area (Å²) in [5, 5.41) is 3.38. The van der Waals surface area contributed by atoms with Crippen LogP contribution >= 0.6 is 0 Å². The van der Waals surface area contributed by atoms with Crippen molar-refractivity contribution in [2.75, 3.05) is 5.01 Å². The highest BCUT2D eigenvalue weighted by atomic mass is 19.4. The Balaban J connectivity index is 1.69. The van der Waals surface area contributed by atoms with Crippen LogP contribution in [0.4, 0.5) is 37.8 Å². The third kappa shape index (κ3) is 3.91. The van der Waals surface area contributed by atoms with Crippen molar-refractivity contribution in [1.82, 2.24) is 15.7 Å². The van der Waals surface area contributed by atoms with Gasteiger partial charge in [-0.15, -0.1) is 0 Å². The Morgan fingerprint density at radius 3 is 2.48 bits per heavy atom. The number of anilines is 2. The summed E-state index contributed by atoms with van der Waals surface area (Å²) in [5.41, 5.74) is 1.15. The summed E-state index contributed by atoms with van der Waals surface area (Å²) in [7, 11) is 0. The Labute approximate surface area is 171 Å². The van der Waals surface area contributed by atoms with Crippen LogP contribution < -0.4 is 15.8 Å². The lowest BCUT2D eigenvalue weighted by Crippen LogP contribution is -2.41. The van der Waals surface area contributed by atoms with Crippen molar-refractivity contribution < 1.29 is 31.1 Å². The minimum Gasteiger partial charge on any atom is -0.331 e. The molecule has 1 atom stereocenters. The fourth-order valence-corrected chi connectivity index (χ4v) is 3.22. The van der Waals surface area contributed by atoms with Crippen molar-refractivity contribution >= 4 is 17.4 Å². The number of pyridine rings is 1. The van der Waals surface area contributed by atoms with E-state index in [0.717, 1.165) is 41.5 Å². The number of hydrogen-bond acceptors (Lipinski definition) is 4. The number of rotatable bonds is 3. The number of carbonyl (C=O) groups is 1. The second kappa shape index (κ2) is 7.58. The number of amides is 1. The summed E-state index contributed by atoms with van der Waals surface area (Å²) in [6, 6.07) is 8.11. The van der Waals surface area contributed by atoms with E-state index < -0.39 is 46.8 Å². The molecule has 31 heavy (non-hydrogen) atoms. The van der Waals surface area contributed by atoms with Crippen molar-refractivity contribution in [2.24, 2.45) is 0 Å². The summed E-state index contributed by atoms with van der Waals surface area (Å²) in [5.74, 6) is -4.12. The molecule has 1 amide bonds. The van der Waals surface area contributed by atoms with E-state index in [1.54, 1.807) is 0 Å². The molecule has 1 aliphatic heterocycles. The Morgan fingerprint density at radius 2 is 1.77 bits per heavy atom. The molecule has 2 heterocycles. The highest BCUT2D eigenvalue weighted by Gasteiger charge is 2.37. The molecule has 160 valence electrons. The number of halogens is 6. The average Bonchev–Trinajstić information content (AvgIpc) is 3.04. The van der Waals surface area contributed by atoms with Crippen molar-refractivity contribution in [3.8, 4) is 0 Å². The molecule has 5 nitrogen and oxygen atoms in total. The van der Waals surface area contributed by atoms with Crippen molar-refractivity contribution in [3.63, 3.8) is 0 Å². The highest BCUT2D eigenvalue weighted by Crippen LogP contribution is 2.38. The van der Waals surface area contributed by atoms with Crippen LogP contribution in [0.5, 0.6) is 0 Å². The molecule has 0 saturated heterocycles. The van der Waals surface area contributed by atoms with Crippen LogP contribution in [0.2, 0.25) is 0 Å². The van der Waals surface area contributed by atoms with E-state index in [0.29, 0.717) is 6.07 Å². The van der Waals surface area contributed by atoms with Gasteiger partial charge in [-0.1, -0.05) is 12.1 Å². The first-order valence-corrected chi connectivity index (χ1v) is 8.79. The maximum absolute atomic E-state index is 14.2. The van der Waals surface area contributed by atoms with Gasteiger partial charge < -0.3 is 5.32 Å². The Hall–Kier alpha value is -3.60. The van der Waals surface area contributed by atoms with E-state index in [2.05, 4.69) is 15.7 Å². The number of fused-ring (bicyclic) bond motifs is 1. The van der Waals surface area contributed by atoms with Gasteiger partial charge in [-0.25, -0.2) is 23.6 Å². The molecule has 3 aromatic rings. The number of carbonyl (C=O) groups excluding carboxylic acids is 1. The number of aromatic nitrogens is 1. The summed E-state index contributed by atoms with van der Waals surface area (Å²) in [6.07, 6.45) is -5.23. The molecule has 0 saturated carbocycles. The zero-order valence-electron chi connectivity index (χ0n) is 15.3. The lowest BCUT2D eigenvalue weighted by molar-refractivity contribution is -0.137. The van der Waals surface area contributed by atoms with Crippen LogP contribution in [0.1, 0.15) is 27.7 Å². The highest BCUT2D eigenvalue weighted by molar-refractivity contribution is 5.96. The molecule has 0 aliphatic carbocycles. The summed E-state index contributed by atoms with van der Waals surface area (Å²) in [6.45, 7) is 0. The molecule has 0 radical (unpaired) electrons. The third-order valence-electron chi connectivity index (χ3n) is 4.55. The molecule has 2 aromatic carbocycles. The standard InChI is InChI=1S/C20H12F6N4O/c21-10-5-6-16-13(7-10)17(29-30(16)18-15(23)8-11(22)9-27-18)28-19(31)12-3-1-2-4-14(12)20(24,25)26/h1-9,17,29H,(H,28,31). The minimum absolute atomic E-state index is 0.114. The topological polar surface area (TPSA) is 57.3 Å². The molecule has 0 bridgehead atoms. The summed E-state index contributed by atoms with van der Waals surface area (Å²) in [4.78, 5) is 16.3. The summed E-state index contributed by atoms with van der Waals surface area (Å²) < 4.78 is 81.0. The molecule has 2 N–H and O–H groups in total. The molecule has 11 heteroatoms. The van der Waals surface area contributed by atoms with Gasteiger partial charge in [-0.3, -0.25) is 9.80 Å². The van der Waals surface area contributed by atoms with E-state index in [1.807, 2.05) is 0 Å². The second-order valence-corrected chi connectivity index (χ2v) is 6.58.